The van der Waals surface area contributed by atoms with Gasteiger partial charge in [-0.3, -0.25) is 9.29 Å². The Morgan fingerprint density at radius 3 is 2.19 bits per heavy atom. The molecule has 0 saturated carbocycles. The van der Waals surface area contributed by atoms with Crippen molar-refractivity contribution in [3.05, 3.63) is 53.3 Å². The molecule has 0 aliphatic carbocycles. The van der Waals surface area contributed by atoms with Crippen LogP contribution in [0.4, 0.5) is 10.3 Å². The molecule has 2 unspecified atom stereocenters. The minimum atomic E-state index is -4.27. The number of benzene rings is 1. The number of thiazole rings is 1. The summed E-state index contributed by atoms with van der Waals surface area (Å²) < 4.78 is 63.8. The molecule has 0 spiro atoms. The van der Waals surface area contributed by atoms with Crippen molar-refractivity contribution in [1.29, 1.82) is 0 Å². The van der Waals surface area contributed by atoms with Crippen LogP contribution < -0.4 is 14.2 Å². The van der Waals surface area contributed by atoms with Crippen molar-refractivity contribution in [3.8, 4) is 28.0 Å². The fourth-order valence-corrected chi connectivity index (χ4v) is 7.16. The van der Waals surface area contributed by atoms with Crippen LogP contribution in [0.3, 0.4) is 0 Å². The van der Waals surface area contributed by atoms with Gasteiger partial charge in [-0.2, -0.15) is 0 Å². The number of nitrogens with one attached hydrogen (secondary N) is 1. The number of hydrogen-bond acceptors (Lipinski definition) is 11. The summed E-state index contributed by atoms with van der Waals surface area (Å²) in [7, 11) is -3.85. The number of aromatic nitrogens is 6. The van der Waals surface area contributed by atoms with E-state index in [1.807, 2.05) is 46.2 Å². The third-order valence-corrected chi connectivity index (χ3v) is 14.5. The second-order valence-corrected chi connectivity index (χ2v) is 19.1. The molecule has 0 bridgehead atoms. The van der Waals surface area contributed by atoms with Crippen molar-refractivity contribution >= 4 is 35.6 Å². The van der Waals surface area contributed by atoms with Crippen LogP contribution in [0.1, 0.15) is 45.3 Å². The Morgan fingerprint density at radius 2 is 1.67 bits per heavy atom. The molecule has 43 heavy (non-hydrogen) atoms. The number of anilines is 1. The summed E-state index contributed by atoms with van der Waals surface area (Å²) >= 11 is 1.33. The SMILES string of the molecule is COc1cccc(OC)c1-n1c(NS(=O)(=O)C(C)C(O[Si](C)(C)C(C)(C)C)c2ncc(F)cn2)nnc1-c1nc(C)cs1. The maximum Gasteiger partial charge on any atom is 0.243 e. The highest BCUT2D eigenvalue weighted by atomic mass is 32.2. The topological polar surface area (TPSA) is 143 Å². The van der Waals surface area contributed by atoms with Gasteiger partial charge in [0.25, 0.3) is 0 Å². The molecule has 12 nitrogen and oxygen atoms in total. The normalized spacial score (nSPS) is 13.9. The van der Waals surface area contributed by atoms with Crippen LogP contribution in [0.25, 0.3) is 16.5 Å². The van der Waals surface area contributed by atoms with Crippen molar-refractivity contribution < 1.29 is 26.7 Å². The van der Waals surface area contributed by atoms with Gasteiger partial charge in [-0.1, -0.05) is 26.8 Å². The van der Waals surface area contributed by atoms with Crippen molar-refractivity contribution in [2.24, 2.45) is 0 Å². The minimum Gasteiger partial charge on any atom is -0.494 e. The van der Waals surface area contributed by atoms with Crippen LogP contribution in [0.2, 0.25) is 18.1 Å². The van der Waals surface area contributed by atoms with E-state index in [2.05, 4.69) is 29.9 Å². The minimum absolute atomic E-state index is 0.0518. The van der Waals surface area contributed by atoms with Crippen LogP contribution >= 0.6 is 11.3 Å². The molecule has 1 N–H and O–H groups in total. The molecule has 1 aromatic carbocycles. The number of ether oxygens (including phenoxy) is 2. The van der Waals surface area contributed by atoms with Gasteiger partial charge in [0.05, 0.1) is 26.6 Å². The molecule has 0 amide bonds. The Morgan fingerprint density at radius 1 is 1.07 bits per heavy atom. The Balaban J connectivity index is 1.84. The highest BCUT2D eigenvalue weighted by Gasteiger charge is 2.44. The molecule has 2 atom stereocenters. The lowest BCUT2D eigenvalue weighted by atomic mass is 10.2. The second-order valence-electron chi connectivity index (χ2n) is 11.4. The van der Waals surface area contributed by atoms with Crippen LogP contribution in [0.15, 0.2) is 36.0 Å². The van der Waals surface area contributed by atoms with E-state index < -0.39 is 35.5 Å². The van der Waals surface area contributed by atoms with E-state index in [9.17, 15) is 12.8 Å². The molecule has 0 aliphatic rings. The molecule has 16 heteroatoms. The van der Waals surface area contributed by atoms with Gasteiger partial charge in [0.15, 0.2) is 30.8 Å². The number of methoxy groups -OCH3 is 2. The molecular weight excluding hydrogens is 614 g/mol. The predicted molar refractivity (Wildman–Crippen MR) is 165 cm³/mol. The molecular formula is C27H36FN7O5S2Si. The molecule has 0 fully saturated rings. The van der Waals surface area contributed by atoms with E-state index in [0.29, 0.717) is 22.2 Å². The van der Waals surface area contributed by atoms with Gasteiger partial charge in [-0.15, -0.1) is 21.5 Å². The number of hydrogen-bond donors (Lipinski definition) is 1. The van der Waals surface area contributed by atoms with Gasteiger partial charge < -0.3 is 13.9 Å². The Labute approximate surface area is 255 Å². The summed E-state index contributed by atoms with van der Waals surface area (Å²) in [6.45, 7) is 13.4. The van der Waals surface area contributed by atoms with Gasteiger partial charge in [-0.05, 0) is 44.1 Å². The lowest BCUT2D eigenvalue weighted by Crippen LogP contribution is -2.45. The highest BCUT2D eigenvalue weighted by Crippen LogP contribution is 2.42. The number of halogens is 1. The summed E-state index contributed by atoms with van der Waals surface area (Å²) in [5, 5.41) is 9.39. The number of para-hydroxylation sites is 1. The average molecular weight is 650 g/mol. The van der Waals surface area contributed by atoms with Gasteiger partial charge in [-0.25, -0.2) is 27.8 Å². The van der Waals surface area contributed by atoms with Crippen LogP contribution in [-0.2, 0) is 14.4 Å². The highest BCUT2D eigenvalue weighted by molar-refractivity contribution is 7.93. The first-order valence-corrected chi connectivity index (χ1v) is 18.7. The molecule has 3 aromatic heterocycles. The molecule has 3 heterocycles. The third kappa shape index (κ3) is 6.71. The number of aryl methyl sites for hydroxylation is 1. The van der Waals surface area contributed by atoms with Gasteiger partial charge in [0.1, 0.15) is 28.5 Å². The smallest absolute Gasteiger partial charge is 0.243 e. The molecule has 0 radical (unpaired) electrons. The van der Waals surface area contributed by atoms with Crippen LogP contribution in [0.5, 0.6) is 11.5 Å². The summed E-state index contributed by atoms with van der Waals surface area (Å²) in [5.41, 5.74) is 1.14. The maximum atomic E-state index is 14.1. The fraction of sp³-hybridized carbons (Fsp3) is 0.444. The van der Waals surface area contributed by atoms with E-state index in [1.54, 1.807) is 18.2 Å². The predicted octanol–water partition coefficient (Wildman–Crippen LogP) is 5.54. The summed E-state index contributed by atoms with van der Waals surface area (Å²) in [6.07, 6.45) is 0.866. The monoisotopic (exact) mass is 649 g/mol. The number of nitrogens with zero attached hydrogens (tertiary/aromatic N) is 6. The molecule has 4 aromatic rings. The first kappa shape index (κ1) is 32.4. The van der Waals surface area contributed by atoms with Crippen molar-refractivity contribution in [2.45, 2.75) is 64.1 Å². The largest absolute Gasteiger partial charge is 0.494 e. The van der Waals surface area contributed by atoms with Crippen LogP contribution in [-0.4, -0.2) is 65.9 Å². The van der Waals surface area contributed by atoms with Crippen molar-refractivity contribution in [2.75, 3.05) is 18.9 Å². The van der Waals surface area contributed by atoms with Crippen molar-refractivity contribution in [3.63, 3.8) is 0 Å². The Bertz CT molecular complexity index is 1670. The lowest BCUT2D eigenvalue weighted by Gasteiger charge is -2.40. The van der Waals surface area contributed by atoms with Gasteiger partial charge >= 0.3 is 0 Å². The number of rotatable bonds is 11. The summed E-state index contributed by atoms with van der Waals surface area (Å²) in [4.78, 5) is 12.7. The van der Waals surface area contributed by atoms with Gasteiger partial charge in [0.2, 0.25) is 16.0 Å². The zero-order valence-corrected chi connectivity index (χ0v) is 28.2. The van der Waals surface area contributed by atoms with Crippen molar-refractivity contribution in [1.82, 2.24) is 29.7 Å². The zero-order valence-electron chi connectivity index (χ0n) is 25.5. The first-order chi connectivity index (χ1) is 20.1. The molecule has 4 rings (SSSR count). The average Bonchev–Trinajstić information content (AvgIpc) is 3.56. The molecule has 0 saturated heterocycles. The third-order valence-electron chi connectivity index (χ3n) is 7.37. The number of sulfonamides is 1. The second kappa shape index (κ2) is 12.3. The lowest BCUT2D eigenvalue weighted by molar-refractivity contribution is 0.172. The van der Waals surface area contributed by atoms with E-state index in [0.717, 1.165) is 18.1 Å². The van der Waals surface area contributed by atoms with E-state index >= 15 is 0 Å². The van der Waals surface area contributed by atoms with E-state index in [4.69, 9.17) is 13.9 Å². The van der Waals surface area contributed by atoms with E-state index in [-0.39, 0.29) is 22.6 Å². The standard InChI is InChI=1S/C27H36FN7O5S2Si/c1-16-15-41-25(31-16)24-32-33-26(35(24)21-19(38-6)11-10-12-20(21)39-7)34-42(36,37)17(2)22(23-29-13-18(28)14-30-23)40-43(8,9)27(3,4)5/h10-15,17,22H,1-9H3,(H,33,34). The summed E-state index contributed by atoms with van der Waals surface area (Å²) in [6, 6.07) is 5.17. The fourth-order valence-electron chi connectivity index (χ4n) is 3.91. The Kier molecular flexibility index (Phi) is 9.25. The molecule has 232 valence electrons. The maximum absolute atomic E-state index is 14.1. The molecule has 0 aliphatic heterocycles. The summed E-state index contributed by atoms with van der Waals surface area (Å²) in [5.74, 6) is 0.344. The van der Waals surface area contributed by atoms with Gasteiger partial charge in [0, 0.05) is 11.1 Å². The van der Waals surface area contributed by atoms with E-state index in [1.165, 1.54) is 37.0 Å². The zero-order chi connectivity index (χ0) is 31.7. The van der Waals surface area contributed by atoms with Crippen LogP contribution in [0, 0.1) is 12.7 Å². The first-order valence-electron chi connectivity index (χ1n) is 13.4. The quantitative estimate of drug-likeness (QED) is 0.206. The Hall–Kier alpha value is -3.47.